The van der Waals surface area contributed by atoms with Crippen molar-refractivity contribution in [1.29, 1.82) is 0 Å². The molecule has 0 aliphatic carbocycles. The Hall–Kier alpha value is -3.09. The lowest BCUT2D eigenvalue weighted by Crippen LogP contribution is -1.80. The topological polar surface area (TPSA) is 84.9 Å². The fraction of sp³-hybridized carbons (Fsp3) is 0.0500. The highest BCUT2D eigenvalue weighted by Gasteiger charge is 2.11. The highest BCUT2D eigenvalue weighted by atomic mass is 32.1. The van der Waals surface area contributed by atoms with Crippen molar-refractivity contribution in [2.45, 2.75) is 6.61 Å². The van der Waals surface area contributed by atoms with Crippen LogP contribution in [-0.2, 0) is 6.61 Å². The Morgan fingerprint density at radius 1 is 0.962 bits per heavy atom. The minimum Gasteiger partial charge on any atom is -0.508 e. The Morgan fingerprint density at radius 2 is 1.81 bits per heavy atom. The van der Waals surface area contributed by atoms with Gasteiger partial charge in [-0.15, -0.1) is 11.3 Å². The van der Waals surface area contributed by atoms with Crippen LogP contribution in [0.4, 0.5) is 0 Å². The molecular weight excluding hydrogens is 346 g/mol. The van der Waals surface area contributed by atoms with Crippen LogP contribution in [0.1, 0.15) is 5.56 Å². The zero-order valence-electron chi connectivity index (χ0n) is 13.8. The van der Waals surface area contributed by atoms with Gasteiger partial charge in [0.05, 0.1) is 22.5 Å². The number of phenolic OH excluding ortho intramolecular Hbond substituents is 1. The minimum absolute atomic E-state index is 0.0635. The van der Waals surface area contributed by atoms with E-state index in [2.05, 4.69) is 26.6 Å². The molecule has 130 valence electrons. The van der Waals surface area contributed by atoms with Gasteiger partial charge < -0.3 is 15.2 Å². The van der Waals surface area contributed by atoms with E-state index in [1.165, 1.54) is 0 Å². The lowest BCUT2D eigenvalue weighted by Gasteiger charge is -1.94. The van der Waals surface area contributed by atoms with Gasteiger partial charge in [-0.25, -0.2) is 0 Å². The fourth-order valence-electron chi connectivity index (χ4n) is 2.77. The van der Waals surface area contributed by atoms with Crippen LogP contribution < -0.4 is 0 Å². The van der Waals surface area contributed by atoms with E-state index in [1.807, 2.05) is 30.3 Å². The number of H-pyrrole nitrogens is 2. The maximum atomic E-state index is 9.18. The first-order valence-corrected chi connectivity index (χ1v) is 9.01. The summed E-state index contributed by atoms with van der Waals surface area (Å²) < 4.78 is 1.16. The van der Waals surface area contributed by atoms with Crippen molar-refractivity contribution in [2.24, 2.45) is 0 Å². The van der Waals surface area contributed by atoms with E-state index in [0.717, 1.165) is 38.1 Å². The molecular formula is C20H17N3O2S. The summed E-state index contributed by atoms with van der Waals surface area (Å²) in [7, 11) is 0. The number of thiophene rings is 1. The van der Waals surface area contributed by atoms with Gasteiger partial charge >= 0.3 is 0 Å². The van der Waals surface area contributed by atoms with Gasteiger partial charge in [-0.1, -0.05) is 24.3 Å². The van der Waals surface area contributed by atoms with Crippen LogP contribution in [0, 0.1) is 0 Å². The van der Waals surface area contributed by atoms with Gasteiger partial charge in [0.1, 0.15) is 11.4 Å². The lowest BCUT2D eigenvalue weighted by atomic mass is 10.1. The molecule has 5 nitrogen and oxygen atoms in total. The third kappa shape index (κ3) is 3.20. The van der Waals surface area contributed by atoms with E-state index < -0.39 is 0 Å². The molecule has 0 fully saturated rings. The molecule has 0 atom stereocenters. The summed E-state index contributed by atoms with van der Waals surface area (Å²) in [6.45, 7) is 0.0635. The first-order chi connectivity index (χ1) is 12.7. The quantitative estimate of drug-likeness (QED) is 0.368. The molecule has 0 unspecified atom stereocenters. The first-order valence-electron chi connectivity index (χ1n) is 8.13. The molecule has 4 N–H and O–H groups in total. The molecule has 0 bridgehead atoms. The number of phenols is 1. The number of aliphatic hydroxyl groups is 1. The minimum atomic E-state index is 0.0635. The highest BCUT2D eigenvalue weighted by molar-refractivity contribution is 7.17. The summed E-state index contributed by atoms with van der Waals surface area (Å²) in [4.78, 5) is 3.37. The number of hydrogen-bond acceptors (Lipinski definition) is 4. The van der Waals surface area contributed by atoms with Crippen LogP contribution in [-0.4, -0.2) is 25.4 Å². The fourth-order valence-corrected chi connectivity index (χ4v) is 3.61. The second-order valence-corrected chi connectivity index (χ2v) is 6.75. The normalized spacial score (nSPS) is 10.8. The highest BCUT2D eigenvalue weighted by Crippen LogP contribution is 2.31. The largest absolute Gasteiger partial charge is 0.508 e. The number of nitrogens with zero attached hydrogens (tertiary/aromatic N) is 1. The molecule has 2 aromatic carbocycles. The third-order valence-electron chi connectivity index (χ3n) is 4.05. The zero-order valence-corrected chi connectivity index (χ0v) is 14.6. The molecule has 0 amide bonds. The number of aliphatic hydroxyl groups excluding tert-OH is 1. The Kier molecular flexibility index (Phi) is 4.43. The second-order valence-electron chi connectivity index (χ2n) is 5.83. The van der Waals surface area contributed by atoms with E-state index in [1.54, 1.807) is 35.6 Å². The lowest BCUT2D eigenvalue weighted by molar-refractivity contribution is 0.282. The van der Waals surface area contributed by atoms with Crippen LogP contribution in [0.25, 0.3) is 32.5 Å². The molecule has 0 saturated heterocycles. The van der Waals surface area contributed by atoms with Gasteiger partial charge in [-0.2, -0.15) is 5.10 Å². The molecule has 26 heavy (non-hydrogen) atoms. The maximum absolute atomic E-state index is 9.18. The average Bonchev–Trinajstić information content (AvgIpc) is 3.37. The molecule has 0 saturated carbocycles. The van der Waals surface area contributed by atoms with Crippen LogP contribution in [0.5, 0.6) is 5.75 Å². The van der Waals surface area contributed by atoms with Gasteiger partial charge in [0.25, 0.3) is 0 Å². The molecule has 0 spiro atoms. The van der Waals surface area contributed by atoms with E-state index in [9.17, 15) is 5.11 Å². The zero-order chi connectivity index (χ0) is 17.9. The van der Waals surface area contributed by atoms with Crippen molar-refractivity contribution in [3.63, 3.8) is 0 Å². The molecule has 6 heteroatoms. The first kappa shape index (κ1) is 16.4. The number of rotatable bonds is 2. The molecule has 0 aliphatic heterocycles. The monoisotopic (exact) mass is 363 g/mol. The predicted octanol–water partition coefficient (Wildman–Crippen LogP) is 4.66. The summed E-state index contributed by atoms with van der Waals surface area (Å²) in [6, 6.07) is 18.7. The smallest absolute Gasteiger partial charge is 0.126 e. The van der Waals surface area contributed by atoms with Crippen molar-refractivity contribution >= 4 is 32.5 Å². The van der Waals surface area contributed by atoms with Gasteiger partial charge in [0.2, 0.25) is 0 Å². The van der Waals surface area contributed by atoms with Crippen LogP contribution >= 0.6 is 11.3 Å². The Labute approximate surface area is 153 Å². The van der Waals surface area contributed by atoms with Gasteiger partial charge in [-0.3, -0.25) is 5.10 Å². The van der Waals surface area contributed by atoms with Crippen LogP contribution in [0.15, 0.2) is 66.0 Å². The van der Waals surface area contributed by atoms with E-state index >= 15 is 0 Å². The van der Waals surface area contributed by atoms with E-state index in [4.69, 9.17) is 5.11 Å². The van der Waals surface area contributed by atoms with Crippen molar-refractivity contribution in [1.82, 2.24) is 15.2 Å². The number of fused-ring (bicyclic) bond motifs is 2. The summed E-state index contributed by atoms with van der Waals surface area (Å²) in [6.07, 6.45) is 0. The maximum Gasteiger partial charge on any atom is 0.126 e. The molecule has 5 rings (SSSR count). The number of aromatic hydroxyl groups is 1. The summed E-state index contributed by atoms with van der Waals surface area (Å²) in [5.41, 5.74) is 4.99. The van der Waals surface area contributed by atoms with E-state index in [0.29, 0.717) is 5.75 Å². The number of nitrogens with one attached hydrogen (secondary N) is 2. The Balaban J connectivity index is 0.000000204. The molecule has 3 aromatic heterocycles. The summed E-state index contributed by atoms with van der Waals surface area (Å²) >= 11 is 1.68. The molecule has 0 aliphatic rings. The van der Waals surface area contributed by atoms with E-state index in [-0.39, 0.29) is 6.61 Å². The standard InChI is InChI=1S/C14H11N3OS.C6H6O/c18-7-8-1-2-10-9(5-8)6-12(15-10)13-14-11(16-17-13)3-4-19-14;7-6-4-2-1-3-5-6/h1-6,15,18H,7H2,(H,16,17);1-5,7H. The number of benzene rings is 2. The molecule has 0 radical (unpaired) electrons. The molecule has 3 heterocycles. The third-order valence-corrected chi connectivity index (χ3v) is 4.97. The SMILES string of the molecule is OCc1ccc2[nH]c(-c3n[nH]c4ccsc34)cc2c1.Oc1ccccc1. The van der Waals surface area contributed by atoms with Crippen LogP contribution in [0.2, 0.25) is 0 Å². The van der Waals surface area contributed by atoms with Crippen molar-refractivity contribution in [3.8, 4) is 17.1 Å². The van der Waals surface area contributed by atoms with Crippen molar-refractivity contribution in [3.05, 3.63) is 71.6 Å². The van der Waals surface area contributed by atoms with Crippen molar-refractivity contribution < 1.29 is 10.2 Å². The number of hydrogen-bond donors (Lipinski definition) is 4. The number of para-hydroxylation sites is 1. The van der Waals surface area contributed by atoms with Gasteiger partial charge in [-0.05, 0) is 47.3 Å². The summed E-state index contributed by atoms with van der Waals surface area (Å²) in [5.74, 6) is 0.322. The molecule has 5 aromatic rings. The van der Waals surface area contributed by atoms with Crippen LogP contribution in [0.3, 0.4) is 0 Å². The Morgan fingerprint density at radius 3 is 2.54 bits per heavy atom. The predicted molar refractivity (Wildman–Crippen MR) is 105 cm³/mol. The van der Waals surface area contributed by atoms with Gasteiger partial charge in [0.15, 0.2) is 0 Å². The van der Waals surface area contributed by atoms with Crippen molar-refractivity contribution in [2.75, 3.05) is 0 Å². The Bertz CT molecular complexity index is 1140. The van der Waals surface area contributed by atoms with Gasteiger partial charge in [0, 0.05) is 10.9 Å². The number of aromatic amines is 2. The second kappa shape index (κ2) is 7.03. The average molecular weight is 363 g/mol. The summed E-state index contributed by atoms with van der Waals surface area (Å²) in [5, 5.41) is 28.4. The number of aromatic nitrogens is 3.